The van der Waals surface area contributed by atoms with E-state index in [2.05, 4.69) is 45.3 Å². The van der Waals surface area contributed by atoms with Crippen molar-refractivity contribution in [1.82, 2.24) is 24.6 Å². The molecular formula is C27H35N5O3. The van der Waals surface area contributed by atoms with Crippen LogP contribution in [-0.4, -0.2) is 63.3 Å². The Morgan fingerprint density at radius 2 is 1.91 bits per heavy atom. The van der Waals surface area contributed by atoms with E-state index in [4.69, 9.17) is 9.47 Å². The van der Waals surface area contributed by atoms with Gasteiger partial charge in [0, 0.05) is 38.3 Å². The molecule has 0 bridgehead atoms. The molecule has 0 saturated carbocycles. The van der Waals surface area contributed by atoms with Gasteiger partial charge in [0.25, 0.3) is 0 Å². The predicted molar refractivity (Wildman–Crippen MR) is 134 cm³/mol. The van der Waals surface area contributed by atoms with Crippen molar-refractivity contribution in [3.05, 3.63) is 72.3 Å². The number of hydrogen-bond donors (Lipinski definition) is 0. The Bertz CT molecular complexity index is 1040. The third-order valence-electron chi connectivity index (χ3n) is 6.12. The standard InChI is InChI=1S/C27H35N5O3/c1-2-34-25-13-9-12-24-19-30(18-23-10-5-3-6-11-23)15-16-31(14-7-4-8-17-35-27(24)25)26(33)20-32-22-28-21-29-32/h3,5-6,9-13,21-22H,2,4,7-8,14-20H2,1H3. The first-order valence-corrected chi connectivity index (χ1v) is 12.5. The van der Waals surface area contributed by atoms with Gasteiger partial charge in [-0.3, -0.25) is 9.69 Å². The molecule has 0 unspecified atom stereocenters. The van der Waals surface area contributed by atoms with Crippen molar-refractivity contribution >= 4 is 5.91 Å². The Labute approximate surface area is 207 Å². The third kappa shape index (κ3) is 7.29. The van der Waals surface area contributed by atoms with Crippen LogP contribution >= 0.6 is 0 Å². The van der Waals surface area contributed by atoms with E-state index in [9.17, 15) is 4.79 Å². The summed E-state index contributed by atoms with van der Waals surface area (Å²) in [4.78, 5) is 21.4. The Hall–Kier alpha value is -3.39. The average molecular weight is 478 g/mol. The highest BCUT2D eigenvalue weighted by molar-refractivity contribution is 5.75. The van der Waals surface area contributed by atoms with Gasteiger partial charge < -0.3 is 14.4 Å². The first-order chi connectivity index (χ1) is 17.2. The maximum absolute atomic E-state index is 13.1. The van der Waals surface area contributed by atoms with E-state index < -0.39 is 0 Å². The van der Waals surface area contributed by atoms with Crippen LogP contribution in [0.2, 0.25) is 0 Å². The lowest BCUT2D eigenvalue weighted by atomic mass is 10.1. The van der Waals surface area contributed by atoms with Crippen LogP contribution in [0.1, 0.15) is 37.3 Å². The quantitative estimate of drug-likeness (QED) is 0.538. The summed E-state index contributed by atoms with van der Waals surface area (Å²) >= 11 is 0. The summed E-state index contributed by atoms with van der Waals surface area (Å²) in [5, 5.41) is 4.10. The fraction of sp³-hybridized carbons (Fsp3) is 0.444. The summed E-state index contributed by atoms with van der Waals surface area (Å²) < 4.78 is 13.8. The number of fused-ring (bicyclic) bond motifs is 1. The van der Waals surface area contributed by atoms with Crippen molar-refractivity contribution in [3.63, 3.8) is 0 Å². The highest BCUT2D eigenvalue weighted by Crippen LogP contribution is 2.33. The molecule has 1 amide bonds. The van der Waals surface area contributed by atoms with Crippen LogP contribution in [-0.2, 0) is 24.4 Å². The van der Waals surface area contributed by atoms with Crippen LogP contribution in [0.15, 0.2) is 61.2 Å². The molecule has 0 spiro atoms. The maximum atomic E-state index is 13.1. The van der Waals surface area contributed by atoms with E-state index in [1.54, 1.807) is 11.0 Å². The number of benzene rings is 2. The average Bonchev–Trinajstić information content (AvgIpc) is 3.38. The molecule has 35 heavy (non-hydrogen) atoms. The van der Waals surface area contributed by atoms with Gasteiger partial charge in [-0.2, -0.15) is 5.10 Å². The summed E-state index contributed by atoms with van der Waals surface area (Å²) in [6.07, 6.45) is 5.91. The van der Waals surface area contributed by atoms with E-state index in [1.165, 1.54) is 11.9 Å². The zero-order chi connectivity index (χ0) is 24.3. The lowest BCUT2D eigenvalue weighted by Crippen LogP contribution is -2.40. The minimum Gasteiger partial charge on any atom is -0.490 e. The van der Waals surface area contributed by atoms with E-state index in [1.807, 2.05) is 30.0 Å². The van der Waals surface area contributed by atoms with Gasteiger partial charge in [-0.1, -0.05) is 42.5 Å². The molecule has 0 radical (unpaired) electrons. The number of aromatic nitrogens is 3. The largest absolute Gasteiger partial charge is 0.490 e. The number of amides is 1. The molecule has 1 aliphatic rings. The second-order valence-corrected chi connectivity index (χ2v) is 8.76. The van der Waals surface area contributed by atoms with Crippen molar-refractivity contribution < 1.29 is 14.3 Å². The fourth-order valence-corrected chi connectivity index (χ4v) is 4.35. The van der Waals surface area contributed by atoms with Crippen LogP contribution in [0.25, 0.3) is 0 Å². The molecule has 0 saturated heterocycles. The maximum Gasteiger partial charge on any atom is 0.244 e. The van der Waals surface area contributed by atoms with E-state index in [0.29, 0.717) is 26.3 Å². The molecule has 2 aromatic carbocycles. The zero-order valence-corrected chi connectivity index (χ0v) is 20.5. The Morgan fingerprint density at radius 3 is 2.71 bits per heavy atom. The molecule has 1 aliphatic heterocycles. The van der Waals surface area contributed by atoms with E-state index in [-0.39, 0.29) is 12.5 Å². The molecule has 0 aliphatic carbocycles. The summed E-state index contributed by atoms with van der Waals surface area (Å²) in [6.45, 7) is 7.04. The number of para-hydroxylation sites is 1. The predicted octanol–water partition coefficient (Wildman–Crippen LogP) is 3.77. The van der Waals surface area contributed by atoms with Crippen LogP contribution in [0, 0.1) is 0 Å². The number of rotatable bonds is 6. The Balaban J connectivity index is 1.57. The molecule has 3 aromatic rings. The fourth-order valence-electron chi connectivity index (χ4n) is 4.35. The van der Waals surface area contributed by atoms with Gasteiger partial charge >= 0.3 is 0 Å². The minimum absolute atomic E-state index is 0.0697. The van der Waals surface area contributed by atoms with Gasteiger partial charge in [0.15, 0.2) is 11.5 Å². The van der Waals surface area contributed by atoms with Crippen LogP contribution in [0.3, 0.4) is 0 Å². The summed E-state index contributed by atoms with van der Waals surface area (Å²) in [5.41, 5.74) is 2.34. The van der Waals surface area contributed by atoms with Gasteiger partial charge in [-0.25, -0.2) is 9.67 Å². The summed E-state index contributed by atoms with van der Waals surface area (Å²) in [6, 6.07) is 16.6. The second-order valence-electron chi connectivity index (χ2n) is 8.76. The van der Waals surface area contributed by atoms with Gasteiger partial charge in [0.2, 0.25) is 5.91 Å². The Morgan fingerprint density at radius 1 is 1.03 bits per heavy atom. The third-order valence-corrected chi connectivity index (χ3v) is 6.12. The highest BCUT2D eigenvalue weighted by atomic mass is 16.5. The highest BCUT2D eigenvalue weighted by Gasteiger charge is 2.19. The lowest BCUT2D eigenvalue weighted by Gasteiger charge is -2.28. The van der Waals surface area contributed by atoms with Crippen molar-refractivity contribution in [3.8, 4) is 11.5 Å². The van der Waals surface area contributed by atoms with Crippen molar-refractivity contribution in [2.24, 2.45) is 0 Å². The number of hydrogen-bond acceptors (Lipinski definition) is 6. The van der Waals surface area contributed by atoms with Gasteiger partial charge in [-0.15, -0.1) is 0 Å². The van der Waals surface area contributed by atoms with E-state index in [0.717, 1.165) is 56.0 Å². The van der Waals surface area contributed by atoms with Gasteiger partial charge in [0.1, 0.15) is 19.2 Å². The monoisotopic (exact) mass is 477 g/mol. The lowest BCUT2D eigenvalue weighted by molar-refractivity contribution is -0.132. The first-order valence-electron chi connectivity index (χ1n) is 12.5. The molecule has 1 aromatic heterocycles. The number of carbonyl (C=O) groups is 1. The molecule has 8 heteroatoms. The van der Waals surface area contributed by atoms with Crippen molar-refractivity contribution in [2.45, 2.75) is 45.8 Å². The molecule has 0 atom stereocenters. The smallest absolute Gasteiger partial charge is 0.244 e. The van der Waals surface area contributed by atoms with Crippen molar-refractivity contribution in [2.75, 3.05) is 32.8 Å². The SMILES string of the molecule is CCOc1cccc2c1OCCCCCN(C(=O)Cn1cncn1)CCN(Cc1ccccc1)C2. The molecule has 2 heterocycles. The topological polar surface area (TPSA) is 72.7 Å². The van der Waals surface area contributed by atoms with Gasteiger partial charge in [-0.05, 0) is 37.8 Å². The summed E-state index contributed by atoms with van der Waals surface area (Å²) in [5.74, 6) is 1.70. The van der Waals surface area contributed by atoms with Crippen LogP contribution < -0.4 is 9.47 Å². The molecule has 0 N–H and O–H groups in total. The molecule has 186 valence electrons. The zero-order valence-electron chi connectivity index (χ0n) is 20.5. The number of ether oxygens (including phenoxy) is 2. The van der Waals surface area contributed by atoms with Crippen LogP contribution in [0.5, 0.6) is 11.5 Å². The minimum atomic E-state index is 0.0697. The molecular weight excluding hydrogens is 442 g/mol. The normalized spacial score (nSPS) is 15.7. The van der Waals surface area contributed by atoms with Gasteiger partial charge in [0.05, 0.1) is 13.2 Å². The number of nitrogens with zero attached hydrogens (tertiary/aromatic N) is 5. The van der Waals surface area contributed by atoms with E-state index >= 15 is 0 Å². The summed E-state index contributed by atoms with van der Waals surface area (Å²) in [7, 11) is 0. The molecule has 4 rings (SSSR count). The first kappa shape index (κ1) is 24.7. The second kappa shape index (κ2) is 12.9. The number of carbonyl (C=O) groups excluding carboxylic acids is 1. The van der Waals surface area contributed by atoms with Crippen molar-refractivity contribution in [1.29, 1.82) is 0 Å². The molecule has 0 fully saturated rings. The van der Waals surface area contributed by atoms with Crippen LogP contribution in [0.4, 0.5) is 0 Å². The Kier molecular flexibility index (Phi) is 9.11. The molecule has 8 nitrogen and oxygen atoms in total.